The lowest BCUT2D eigenvalue weighted by molar-refractivity contribution is 0.0683. The number of halogens is 1. The van der Waals surface area contributed by atoms with Crippen molar-refractivity contribution in [3.05, 3.63) is 101 Å². The maximum Gasteiger partial charge on any atom is 0.272 e. The summed E-state index contributed by atoms with van der Waals surface area (Å²) in [5.41, 5.74) is 5.45. The Bertz CT molecular complexity index is 1490. The van der Waals surface area contributed by atoms with Gasteiger partial charge in [-0.05, 0) is 42.3 Å². The number of fused-ring (bicyclic) bond motifs is 3. The van der Waals surface area contributed by atoms with Gasteiger partial charge in [0.15, 0.2) is 0 Å². The highest BCUT2D eigenvalue weighted by Gasteiger charge is 2.36. The van der Waals surface area contributed by atoms with E-state index >= 15 is 4.39 Å². The van der Waals surface area contributed by atoms with Crippen LogP contribution in [0.5, 0.6) is 0 Å². The number of rotatable bonds is 3. The maximum atomic E-state index is 15.0. The minimum atomic E-state index is -0.559. The quantitative estimate of drug-likeness (QED) is 0.423. The third kappa shape index (κ3) is 3.08. The van der Waals surface area contributed by atoms with Crippen LogP contribution in [0.1, 0.15) is 33.4 Å². The van der Waals surface area contributed by atoms with E-state index in [2.05, 4.69) is 21.2 Å². The molecule has 3 aromatic heterocycles. The third-order valence-electron chi connectivity index (χ3n) is 6.51. The number of para-hydroxylation sites is 1. The van der Waals surface area contributed by atoms with Gasteiger partial charge >= 0.3 is 0 Å². The van der Waals surface area contributed by atoms with Crippen LogP contribution < -0.4 is 0 Å². The Morgan fingerprint density at radius 2 is 1.91 bits per heavy atom. The maximum absolute atomic E-state index is 15.0. The minimum absolute atomic E-state index is 0.208. The highest BCUT2D eigenvalue weighted by atomic mass is 19.1. The fourth-order valence-corrected chi connectivity index (χ4v) is 4.92. The molecule has 1 aliphatic heterocycles. The van der Waals surface area contributed by atoms with Gasteiger partial charge in [-0.1, -0.05) is 36.4 Å². The van der Waals surface area contributed by atoms with Crippen LogP contribution in [0.3, 0.4) is 0 Å². The lowest BCUT2D eigenvalue weighted by Gasteiger charge is -2.36. The van der Waals surface area contributed by atoms with E-state index in [1.54, 1.807) is 23.1 Å². The molecule has 0 radical (unpaired) electrons. The molecule has 7 heteroatoms. The summed E-state index contributed by atoms with van der Waals surface area (Å²) in [6, 6.07) is 19.8. The molecular weight excluding hydrogens is 417 g/mol. The Hall–Kier alpha value is -4.13. The molecule has 2 N–H and O–H groups in total. The molecule has 6 rings (SSSR count). The van der Waals surface area contributed by atoms with Gasteiger partial charge in [0, 0.05) is 41.9 Å². The molecule has 0 fully saturated rings. The smallest absolute Gasteiger partial charge is 0.272 e. The molecule has 1 unspecified atom stereocenters. The molecule has 33 heavy (non-hydrogen) atoms. The second kappa shape index (κ2) is 7.48. The molecule has 5 aromatic rings. The van der Waals surface area contributed by atoms with Gasteiger partial charge in [0.25, 0.3) is 5.91 Å². The first-order chi connectivity index (χ1) is 16.1. The van der Waals surface area contributed by atoms with E-state index in [1.807, 2.05) is 54.2 Å². The van der Waals surface area contributed by atoms with Gasteiger partial charge in [-0.25, -0.2) is 4.39 Å². The molecule has 0 spiro atoms. The van der Waals surface area contributed by atoms with Crippen molar-refractivity contribution in [3.8, 4) is 11.4 Å². The molecule has 4 heterocycles. The Morgan fingerprint density at radius 1 is 1.09 bits per heavy atom. The largest absolute Gasteiger partial charge is 0.356 e. The van der Waals surface area contributed by atoms with Crippen molar-refractivity contribution in [1.29, 1.82) is 0 Å². The fraction of sp³-hybridized carbons (Fsp3) is 0.154. The van der Waals surface area contributed by atoms with E-state index in [9.17, 15) is 4.79 Å². The number of hydrogen-bond donors (Lipinski definition) is 2. The average Bonchev–Trinajstić information content (AvgIpc) is 3.56. The lowest BCUT2D eigenvalue weighted by Crippen LogP contribution is -2.41. The number of carbonyl (C=O) groups is 1. The standard InChI is InChI=1S/C26H22FN5O/c1-31-13-6-11-23(31)21-15-22(30-29-21)26(33)32-14-12-17-16-7-3-5-10-20(16)28-24(17)25(32)18-8-2-4-9-19(18)27/h2-11,13,15,25,28H,12,14H2,1H3,(H,29,30). The van der Waals surface area contributed by atoms with Crippen LogP contribution in [0.2, 0.25) is 0 Å². The van der Waals surface area contributed by atoms with Crippen LogP contribution in [-0.4, -0.2) is 37.1 Å². The first-order valence-electron chi connectivity index (χ1n) is 10.9. The second-order valence-electron chi connectivity index (χ2n) is 8.41. The van der Waals surface area contributed by atoms with Crippen molar-refractivity contribution in [2.45, 2.75) is 12.5 Å². The van der Waals surface area contributed by atoms with Crippen molar-refractivity contribution in [1.82, 2.24) is 24.6 Å². The van der Waals surface area contributed by atoms with E-state index in [4.69, 9.17) is 0 Å². The molecule has 6 nitrogen and oxygen atoms in total. The Morgan fingerprint density at radius 3 is 2.73 bits per heavy atom. The number of aromatic nitrogens is 4. The van der Waals surface area contributed by atoms with Gasteiger partial charge < -0.3 is 14.5 Å². The first kappa shape index (κ1) is 19.5. The minimum Gasteiger partial charge on any atom is -0.356 e. The first-order valence-corrected chi connectivity index (χ1v) is 10.9. The lowest BCUT2D eigenvalue weighted by atomic mass is 9.91. The number of aryl methyl sites for hydroxylation is 1. The molecule has 0 bridgehead atoms. The molecule has 0 saturated heterocycles. The molecule has 1 amide bonds. The zero-order valence-corrected chi connectivity index (χ0v) is 18.0. The Labute approximate surface area is 189 Å². The van der Waals surface area contributed by atoms with E-state index in [0.29, 0.717) is 29.9 Å². The molecule has 0 aliphatic carbocycles. The van der Waals surface area contributed by atoms with Gasteiger partial charge in [-0.3, -0.25) is 9.89 Å². The topological polar surface area (TPSA) is 69.7 Å². The summed E-state index contributed by atoms with van der Waals surface area (Å²) in [7, 11) is 1.93. The van der Waals surface area contributed by atoms with Gasteiger partial charge in [-0.2, -0.15) is 5.10 Å². The predicted octanol–water partition coefficient (Wildman–Crippen LogP) is 4.82. The number of nitrogens with one attached hydrogen (secondary N) is 2. The summed E-state index contributed by atoms with van der Waals surface area (Å²) < 4.78 is 17.0. The van der Waals surface area contributed by atoms with Crippen molar-refractivity contribution in [3.63, 3.8) is 0 Å². The van der Waals surface area contributed by atoms with Gasteiger partial charge in [0.1, 0.15) is 23.2 Å². The second-order valence-corrected chi connectivity index (χ2v) is 8.41. The van der Waals surface area contributed by atoms with Crippen LogP contribution >= 0.6 is 0 Å². The predicted molar refractivity (Wildman–Crippen MR) is 124 cm³/mol. The molecule has 1 aliphatic rings. The van der Waals surface area contributed by atoms with E-state index in [1.165, 1.54) is 6.07 Å². The van der Waals surface area contributed by atoms with E-state index < -0.39 is 6.04 Å². The molecule has 164 valence electrons. The normalized spacial score (nSPS) is 15.7. The molecule has 0 saturated carbocycles. The molecule has 1 atom stereocenters. The van der Waals surface area contributed by atoms with Crippen LogP contribution in [0.4, 0.5) is 4.39 Å². The van der Waals surface area contributed by atoms with Crippen LogP contribution in [-0.2, 0) is 13.5 Å². The van der Waals surface area contributed by atoms with Crippen molar-refractivity contribution in [2.24, 2.45) is 7.05 Å². The van der Waals surface area contributed by atoms with E-state index in [0.717, 1.165) is 27.9 Å². The van der Waals surface area contributed by atoms with Gasteiger partial charge in [0.2, 0.25) is 0 Å². The highest BCUT2D eigenvalue weighted by molar-refractivity contribution is 5.95. The summed E-state index contributed by atoms with van der Waals surface area (Å²) in [4.78, 5) is 18.9. The molecule has 2 aromatic carbocycles. The summed E-state index contributed by atoms with van der Waals surface area (Å²) in [5, 5.41) is 8.37. The van der Waals surface area contributed by atoms with Crippen molar-refractivity contribution < 1.29 is 9.18 Å². The number of H-pyrrole nitrogens is 2. The van der Waals surface area contributed by atoms with Crippen molar-refractivity contribution >= 4 is 16.8 Å². The van der Waals surface area contributed by atoms with Gasteiger partial charge in [0.05, 0.1) is 5.69 Å². The van der Waals surface area contributed by atoms with Crippen LogP contribution in [0, 0.1) is 5.82 Å². The van der Waals surface area contributed by atoms with Gasteiger partial charge in [-0.15, -0.1) is 0 Å². The highest BCUT2D eigenvalue weighted by Crippen LogP contribution is 2.39. The Balaban J connectivity index is 1.46. The zero-order chi connectivity index (χ0) is 22.5. The van der Waals surface area contributed by atoms with E-state index in [-0.39, 0.29) is 11.7 Å². The average molecular weight is 439 g/mol. The summed E-state index contributed by atoms with van der Waals surface area (Å²) in [5.74, 6) is -0.540. The monoisotopic (exact) mass is 439 g/mol. The summed E-state index contributed by atoms with van der Waals surface area (Å²) >= 11 is 0. The zero-order valence-electron chi connectivity index (χ0n) is 18.0. The Kier molecular flexibility index (Phi) is 4.43. The van der Waals surface area contributed by atoms with Crippen LogP contribution in [0.15, 0.2) is 72.9 Å². The fourth-order valence-electron chi connectivity index (χ4n) is 4.92. The van der Waals surface area contributed by atoms with Crippen molar-refractivity contribution in [2.75, 3.05) is 6.54 Å². The number of hydrogen-bond acceptors (Lipinski definition) is 2. The number of aromatic amines is 2. The number of benzene rings is 2. The number of nitrogens with zero attached hydrogens (tertiary/aromatic N) is 3. The van der Waals surface area contributed by atoms with Crippen LogP contribution in [0.25, 0.3) is 22.3 Å². The number of carbonyl (C=O) groups excluding carboxylic acids is 1. The SMILES string of the molecule is Cn1cccc1-c1cc(C(=O)N2CCc3c([nH]c4ccccc34)C2c2ccccc2F)[nH]n1. The molecular formula is C26H22FN5O. The third-order valence-corrected chi connectivity index (χ3v) is 6.51. The summed E-state index contributed by atoms with van der Waals surface area (Å²) in [6.07, 6.45) is 2.62. The number of amides is 1. The summed E-state index contributed by atoms with van der Waals surface area (Å²) in [6.45, 7) is 0.477.